The van der Waals surface area contributed by atoms with E-state index in [0.717, 1.165) is 0 Å². The number of rotatable bonds is 5. The lowest BCUT2D eigenvalue weighted by molar-refractivity contribution is -0.00340. The molecule has 0 bridgehead atoms. The van der Waals surface area contributed by atoms with Crippen LogP contribution in [0.1, 0.15) is 5.01 Å². The Morgan fingerprint density at radius 2 is 2.36 bits per heavy atom. The molecule has 80 valence electrons. The van der Waals surface area contributed by atoms with Gasteiger partial charge in [0.05, 0.1) is 6.20 Å². The highest BCUT2D eigenvalue weighted by atomic mass is 35.5. The fourth-order valence-electron chi connectivity index (χ4n) is 0.786. The van der Waals surface area contributed by atoms with E-state index in [-0.39, 0.29) is 6.54 Å². The molecule has 0 aromatic carbocycles. The molecule has 0 radical (unpaired) electrons. The lowest BCUT2D eigenvalue weighted by atomic mass is 10.4. The van der Waals surface area contributed by atoms with E-state index >= 15 is 0 Å². The van der Waals surface area contributed by atoms with Crippen LogP contribution >= 0.6 is 22.9 Å². The summed E-state index contributed by atoms with van der Waals surface area (Å²) in [5.41, 5.74) is 0. The number of alkyl halides is 2. The number of nitrogens with one attached hydrogen (secondary N) is 1. The quantitative estimate of drug-likeness (QED) is 0.823. The maximum Gasteiger partial charge on any atom is 0.265 e. The fraction of sp³-hybridized carbons (Fsp3) is 0.571. The van der Waals surface area contributed by atoms with Gasteiger partial charge in [-0.1, -0.05) is 11.6 Å². The summed E-state index contributed by atoms with van der Waals surface area (Å²) in [6.45, 7) is 0.177. The molecule has 3 nitrogen and oxygen atoms in total. The van der Waals surface area contributed by atoms with Crippen molar-refractivity contribution in [3.8, 4) is 0 Å². The van der Waals surface area contributed by atoms with Gasteiger partial charge in [0, 0.05) is 13.1 Å². The molecule has 1 rings (SSSR count). The molecule has 1 aromatic heterocycles. The second-order valence-electron chi connectivity index (χ2n) is 2.59. The van der Waals surface area contributed by atoms with Crippen molar-refractivity contribution in [2.45, 2.75) is 19.1 Å². The number of halogens is 3. The first-order valence-electron chi connectivity index (χ1n) is 3.86. The number of aromatic nitrogens is 1. The van der Waals surface area contributed by atoms with Crippen LogP contribution in [0.4, 0.5) is 8.78 Å². The third-order valence-corrected chi connectivity index (χ3v) is 2.56. The Balaban J connectivity index is 2.22. The lowest BCUT2D eigenvalue weighted by Gasteiger charge is -2.08. The van der Waals surface area contributed by atoms with E-state index in [1.165, 1.54) is 17.5 Å². The number of hydrogen-bond acceptors (Lipinski definition) is 4. The molecule has 0 aliphatic heterocycles. The molecule has 1 heterocycles. The summed E-state index contributed by atoms with van der Waals surface area (Å²) in [5.74, 6) is 0. The predicted molar refractivity (Wildman–Crippen MR) is 50.8 cm³/mol. The van der Waals surface area contributed by atoms with Crippen LogP contribution in [0.15, 0.2) is 6.20 Å². The Hall–Kier alpha value is -0.300. The number of nitrogens with zero attached hydrogens (tertiary/aromatic N) is 1. The van der Waals surface area contributed by atoms with Gasteiger partial charge in [-0.15, -0.1) is 11.3 Å². The van der Waals surface area contributed by atoms with E-state index in [2.05, 4.69) is 10.3 Å². The van der Waals surface area contributed by atoms with Crippen molar-refractivity contribution in [1.29, 1.82) is 0 Å². The third-order valence-electron chi connectivity index (χ3n) is 1.45. The standard InChI is InChI=1S/C7H9ClF2N2OS/c8-5-2-12-6(14-5)3-11-1-4(13)7(9)10/h2,4,7,11,13H,1,3H2. The van der Waals surface area contributed by atoms with Gasteiger partial charge >= 0.3 is 0 Å². The molecule has 1 aromatic rings. The molecule has 0 saturated carbocycles. The summed E-state index contributed by atoms with van der Waals surface area (Å²) in [4.78, 5) is 3.91. The lowest BCUT2D eigenvalue weighted by Crippen LogP contribution is -2.31. The first-order chi connectivity index (χ1) is 6.59. The zero-order valence-corrected chi connectivity index (χ0v) is 8.66. The van der Waals surface area contributed by atoms with Crippen LogP contribution in [-0.4, -0.2) is 29.2 Å². The van der Waals surface area contributed by atoms with Crippen LogP contribution in [0.3, 0.4) is 0 Å². The van der Waals surface area contributed by atoms with Crippen molar-refractivity contribution >= 4 is 22.9 Å². The monoisotopic (exact) mass is 242 g/mol. The van der Waals surface area contributed by atoms with E-state index in [1.807, 2.05) is 0 Å². The van der Waals surface area contributed by atoms with Gasteiger partial charge in [-0.25, -0.2) is 13.8 Å². The molecule has 7 heteroatoms. The Bertz CT molecular complexity index is 284. The van der Waals surface area contributed by atoms with Crippen LogP contribution in [-0.2, 0) is 6.54 Å². The second kappa shape index (κ2) is 5.55. The largest absolute Gasteiger partial charge is 0.386 e. The van der Waals surface area contributed by atoms with Crippen LogP contribution in [0.25, 0.3) is 0 Å². The van der Waals surface area contributed by atoms with Crippen LogP contribution in [0, 0.1) is 0 Å². The third kappa shape index (κ3) is 3.83. The predicted octanol–water partition coefficient (Wildman–Crippen LogP) is 1.51. The van der Waals surface area contributed by atoms with Gasteiger partial charge in [-0.2, -0.15) is 0 Å². The fourth-order valence-corrected chi connectivity index (χ4v) is 1.71. The number of thiazole rings is 1. The summed E-state index contributed by atoms with van der Waals surface area (Å²) < 4.78 is 24.2. The zero-order chi connectivity index (χ0) is 10.6. The van der Waals surface area contributed by atoms with Crippen molar-refractivity contribution in [3.05, 3.63) is 15.5 Å². The highest BCUT2D eigenvalue weighted by Crippen LogP contribution is 2.17. The molecule has 14 heavy (non-hydrogen) atoms. The molecule has 0 aliphatic carbocycles. The number of aliphatic hydroxyl groups is 1. The van der Waals surface area contributed by atoms with E-state index < -0.39 is 12.5 Å². The van der Waals surface area contributed by atoms with Crippen molar-refractivity contribution in [1.82, 2.24) is 10.3 Å². The molecule has 0 spiro atoms. The highest BCUT2D eigenvalue weighted by molar-refractivity contribution is 7.15. The maximum atomic E-state index is 11.8. The Morgan fingerprint density at radius 1 is 1.64 bits per heavy atom. The summed E-state index contributed by atoms with van der Waals surface area (Å²) in [7, 11) is 0. The van der Waals surface area contributed by atoms with Crippen molar-refractivity contribution in [2.75, 3.05) is 6.54 Å². The summed E-state index contributed by atoms with van der Waals surface area (Å²) in [6.07, 6.45) is -2.86. The Labute approximate surface area is 88.7 Å². The first kappa shape index (κ1) is 11.8. The molecule has 1 atom stereocenters. The minimum absolute atomic E-state index is 0.158. The molecule has 0 aliphatic rings. The summed E-state index contributed by atoms with van der Waals surface area (Å²) >= 11 is 6.88. The summed E-state index contributed by atoms with van der Waals surface area (Å²) in [5, 5.41) is 12.1. The molecule has 0 saturated heterocycles. The van der Waals surface area contributed by atoms with Gasteiger partial charge in [-0.3, -0.25) is 0 Å². The molecule has 2 N–H and O–H groups in total. The van der Waals surface area contributed by atoms with Gasteiger partial charge in [0.15, 0.2) is 0 Å². The van der Waals surface area contributed by atoms with Crippen LogP contribution in [0.2, 0.25) is 4.34 Å². The molecular weight excluding hydrogens is 234 g/mol. The normalized spacial score (nSPS) is 13.5. The van der Waals surface area contributed by atoms with Gasteiger partial charge in [0.2, 0.25) is 0 Å². The van der Waals surface area contributed by atoms with E-state index in [1.54, 1.807) is 0 Å². The number of hydrogen-bond donors (Lipinski definition) is 2. The molecule has 1 unspecified atom stereocenters. The van der Waals surface area contributed by atoms with Crippen molar-refractivity contribution < 1.29 is 13.9 Å². The zero-order valence-electron chi connectivity index (χ0n) is 7.08. The van der Waals surface area contributed by atoms with Crippen LogP contribution < -0.4 is 5.32 Å². The molecular formula is C7H9ClF2N2OS. The Kier molecular flexibility index (Phi) is 4.67. The second-order valence-corrected chi connectivity index (χ2v) is 4.34. The van der Waals surface area contributed by atoms with E-state index in [0.29, 0.717) is 15.9 Å². The summed E-state index contributed by atoms with van der Waals surface area (Å²) in [6, 6.07) is 0. The van der Waals surface area contributed by atoms with Gasteiger partial charge in [-0.05, 0) is 0 Å². The Morgan fingerprint density at radius 3 is 2.86 bits per heavy atom. The molecule has 0 amide bonds. The van der Waals surface area contributed by atoms with Crippen molar-refractivity contribution in [3.63, 3.8) is 0 Å². The molecule has 0 fully saturated rings. The minimum atomic E-state index is -2.72. The highest BCUT2D eigenvalue weighted by Gasteiger charge is 2.15. The van der Waals surface area contributed by atoms with E-state index in [9.17, 15) is 8.78 Å². The van der Waals surface area contributed by atoms with Gasteiger partial charge in [0.1, 0.15) is 15.4 Å². The number of aliphatic hydroxyl groups excluding tert-OH is 1. The maximum absolute atomic E-state index is 11.8. The average Bonchev–Trinajstić information content (AvgIpc) is 2.51. The average molecular weight is 243 g/mol. The minimum Gasteiger partial charge on any atom is -0.386 e. The SMILES string of the molecule is OC(CNCc1ncc(Cl)s1)C(F)F. The van der Waals surface area contributed by atoms with Crippen LogP contribution in [0.5, 0.6) is 0 Å². The van der Waals surface area contributed by atoms with Gasteiger partial charge in [0.25, 0.3) is 6.43 Å². The smallest absolute Gasteiger partial charge is 0.265 e. The van der Waals surface area contributed by atoms with Crippen molar-refractivity contribution in [2.24, 2.45) is 0 Å². The van der Waals surface area contributed by atoms with Gasteiger partial charge < -0.3 is 10.4 Å². The topological polar surface area (TPSA) is 45.1 Å². The van der Waals surface area contributed by atoms with E-state index in [4.69, 9.17) is 16.7 Å². The first-order valence-corrected chi connectivity index (χ1v) is 5.06.